The number of aromatic nitrogens is 4. The van der Waals surface area contributed by atoms with Crippen molar-refractivity contribution in [3.63, 3.8) is 0 Å². The van der Waals surface area contributed by atoms with Gasteiger partial charge in [0.05, 0.1) is 0 Å². The van der Waals surface area contributed by atoms with E-state index < -0.39 is 0 Å². The Kier molecular flexibility index (Phi) is 3.37. The highest BCUT2D eigenvalue weighted by Gasteiger charge is 2.12. The molecule has 0 aromatic carbocycles. The summed E-state index contributed by atoms with van der Waals surface area (Å²) in [4.78, 5) is 12.9. The molecule has 5 heteroatoms. The van der Waals surface area contributed by atoms with Crippen molar-refractivity contribution in [1.82, 2.24) is 19.5 Å². The summed E-state index contributed by atoms with van der Waals surface area (Å²) in [5.74, 6) is 1.75. The Morgan fingerprint density at radius 1 is 1.29 bits per heavy atom. The second-order valence-electron chi connectivity index (χ2n) is 3.89. The molecule has 0 atom stereocenters. The Labute approximate surface area is 101 Å². The van der Waals surface area contributed by atoms with Gasteiger partial charge in [-0.2, -0.15) is 0 Å². The number of nitrogens with zero attached hydrogens (tertiary/aromatic N) is 4. The van der Waals surface area contributed by atoms with Crippen LogP contribution in [0.1, 0.15) is 18.9 Å². The summed E-state index contributed by atoms with van der Waals surface area (Å²) < 4.78 is 2.12. The Balaban J connectivity index is 2.49. The second kappa shape index (κ2) is 4.95. The van der Waals surface area contributed by atoms with Crippen LogP contribution in [0.5, 0.6) is 0 Å². The fourth-order valence-corrected chi connectivity index (χ4v) is 1.88. The normalized spacial score (nSPS) is 10.5. The number of hydrogen-bond acceptors (Lipinski definition) is 4. The van der Waals surface area contributed by atoms with E-state index in [2.05, 4.69) is 31.8 Å². The summed E-state index contributed by atoms with van der Waals surface area (Å²) in [6.07, 6.45) is 6.44. The molecule has 5 nitrogen and oxygen atoms in total. The molecule has 90 valence electrons. The van der Waals surface area contributed by atoms with Crippen LogP contribution in [0, 0.1) is 6.92 Å². The average molecular weight is 231 g/mol. The maximum absolute atomic E-state index is 4.39. The van der Waals surface area contributed by atoms with Crippen molar-refractivity contribution < 1.29 is 0 Å². The minimum Gasteiger partial charge on any atom is -0.373 e. The van der Waals surface area contributed by atoms with Crippen LogP contribution in [0.3, 0.4) is 0 Å². The van der Waals surface area contributed by atoms with Crippen LogP contribution in [0.15, 0.2) is 18.7 Å². The Morgan fingerprint density at radius 3 is 2.82 bits per heavy atom. The number of aryl methyl sites for hydroxylation is 1. The van der Waals surface area contributed by atoms with Crippen molar-refractivity contribution in [2.45, 2.75) is 26.8 Å². The van der Waals surface area contributed by atoms with Gasteiger partial charge in [0, 0.05) is 31.5 Å². The maximum Gasteiger partial charge on any atom is 0.159 e. The van der Waals surface area contributed by atoms with Crippen LogP contribution in [0.25, 0.3) is 11.5 Å². The number of rotatable bonds is 4. The molecule has 0 aliphatic heterocycles. The van der Waals surface area contributed by atoms with Crippen LogP contribution in [0.4, 0.5) is 5.82 Å². The van der Waals surface area contributed by atoms with Crippen molar-refractivity contribution in [3.05, 3.63) is 24.3 Å². The molecule has 0 saturated heterocycles. The summed E-state index contributed by atoms with van der Waals surface area (Å²) in [7, 11) is 1.86. The molecule has 17 heavy (non-hydrogen) atoms. The Morgan fingerprint density at radius 2 is 2.12 bits per heavy atom. The number of imidazole rings is 1. The molecule has 0 bridgehead atoms. The lowest BCUT2D eigenvalue weighted by molar-refractivity contribution is 0.683. The van der Waals surface area contributed by atoms with Gasteiger partial charge >= 0.3 is 0 Å². The zero-order valence-corrected chi connectivity index (χ0v) is 10.4. The van der Waals surface area contributed by atoms with E-state index in [1.807, 2.05) is 26.4 Å². The molecule has 0 aliphatic carbocycles. The van der Waals surface area contributed by atoms with E-state index >= 15 is 0 Å². The highest BCUT2D eigenvalue weighted by molar-refractivity contribution is 5.62. The molecule has 0 amide bonds. The monoisotopic (exact) mass is 231 g/mol. The highest BCUT2D eigenvalue weighted by atomic mass is 15.1. The van der Waals surface area contributed by atoms with Gasteiger partial charge in [-0.15, -0.1) is 0 Å². The first-order valence-electron chi connectivity index (χ1n) is 5.78. The van der Waals surface area contributed by atoms with Crippen molar-refractivity contribution in [3.8, 4) is 11.5 Å². The molecule has 2 rings (SSSR count). The molecule has 2 heterocycles. The molecule has 0 unspecified atom stereocenters. The quantitative estimate of drug-likeness (QED) is 0.875. The van der Waals surface area contributed by atoms with E-state index in [1.54, 1.807) is 6.33 Å². The molecule has 0 fully saturated rings. The van der Waals surface area contributed by atoms with Gasteiger partial charge in [-0.1, -0.05) is 6.92 Å². The van der Waals surface area contributed by atoms with Gasteiger partial charge in [0.15, 0.2) is 5.82 Å². The first kappa shape index (κ1) is 11.6. The van der Waals surface area contributed by atoms with E-state index in [4.69, 9.17) is 0 Å². The maximum atomic E-state index is 4.39. The summed E-state index contributed by atoms with van der Waals surface area (Å²) >= 11 is 0. The van der Waals surface area contributed by atoms with Crippen molar-refractivity contribution >= 4 is 5.82 Å². The summed E-state index contributed by atoms with van der Waals surface area (Å²) in [6, 6.07) is 0. The van der Waals surface area contributed by atoms with Crippen molar-refractivity contribution in [2.75, 3.05) is 12.4 Å². The Bertz CT molecular complexity index is 503. The molecule has 0 aliphatic rings. The predicted octanol–water partition coefficient (Wildman–Crippen LogP) is 2.10. The van der Waals surface area contributed by atoms with Crippen LogP contribution < -0.4 is 5.32 Å². The van der Waals surface area contributed by atoms with Crippen LogP contribution >= 0.6 is 0 Å². The van der Waals surface area contributed by atoms with Crippen LogP contribution in [-0.4, -0.2) is 26.6 Å². The number of nitrogens with one attached hydrogen (secondary N) is 1. The third-order valence-corrected chi connectivity index (χ3v) is 2.71. The minimum absolute atomic E-state index is 0.848. The average Bonchev–Trinajstić information content (AvgIpc) is 2.78. The van der Waals surface area contributed by atoms with Crippen molar-refractivity contribution in [1.29, 1.82) is 0 Å². The molecule has 2 aromatic heterocycles. The first-order chi connectivity index (χ1) is 8.27. The second-order valence-corrected chi connectivity index (χ2v) is 3.89. The van der Waals surface area contributed by atoms with E-state index in [0.717, 1.165) is 35.9 Å². The fraction of sp³-hybridized carbons (Fsp3) is 0.417. The zero-order chi connectivity index (χ0) is 12.3. The molecular formula is C12H17N5. The largest absolute Gasteiger partial charge is 0.373 e. The van der Waals surface area contributed by atoms with E-state index in [-0.39, 0.29) is 0 Å². The predicted molar refractivity (Wildman–Crippen MR) is 67.8 cm³/mol. The molecule has 1 N–H and O–H groups in total. The molecule has 0 saturated carbocycles. The summed E-state index contributed by atoms with van der Waals surface area (Å²) in [5.41, 5.74) is 1.92. The van der Waals surface area contributed by atoms with E-state index in [1.165, 1.54) is 0 Å². The lowest BCUT2D eigenvalue weighted by Gasteiger charge is -2.10. The van der Waals surface area contributed by atoms with Gasteiger partial charge in [-0.3, -0.25) is 0 Å². The van der Waals surface area contributed by atoms with Gasteiger partial charge in [-0.25, -0.2) is 15.0 Å². The topological polar surface area (TPSA) is 55.6 Å². The summed E-state index contributed by atoms with van der Waals surface area (Å²) in [6.45, 7) is 5.11. The van der Waals surface area contributed by atoms with Gasteiger partial charge in [0.25, 0.3) is 0 Å². The SMILES string of the molecule is CCCn1ccnc1-c1ncnc(NC)c1C. The van der Waals surface area contributed by atoms with E-state index in [9.17, 15) is 0 Å². The zero-order valence-electron chi connectivity index (χ0n) is 10.4. The number of anilines is 1. The van der Waals surface area contributed by atoms with Gasteiger partial charge in [0.1, 0.15) is 17.8 Å². The van der Waals surface area contributed by atoms with Gasteiger partial charge in [0.2, 0.25) is 0 Å². The standard InChI is InChI=1S/C12H17N5/c1-4-6-17-7-5-14-12(17)10-9(2)11(13-3)16-8-15-10/h5,7-8H,4,6H2,1-3H3,(H,13,15,16). The summed E-state index contributed by atoms with van der Waals surface area (Å²) in [5, 5.41) is 3.06. The van der Waals surface area contributed by atoms with E-state index in [0.29, 0.717) is 0 Å². The molecule has 0 spiro atoms. The minimum atomic E-state index is 0.848. The lowest BCUT2D eigenvalue weighted by atomic mass is 10.2. The molecule has 2 aromatic rings. The van der Waals surface area contributed by atoms with Crippen LogP contribution in [-0.2, 0) is 6.54 Å². The van der Waals surface area contributed by atoms with Crippen LogP contribution in [0.2, 0.25) is 0 Å². The number of hydrogen-bond donors (Lipinski definition) is 1. The smallest absolute Gasteiger partial charge is 0.159 e. The highest BCUT2D eigenvalue weighted by Crippen LogP contribution is 2.23. The molecule has 0 radical (unpaired) electrons. The van der Waals surface area contributed by atoms with Gasteiger partial charge < -0.3 is 9.88 Å². The molecular weight excluding hydrogens is 214 g/mol. The first-order valence-corrected chi connectivity index (χ1v) is 5.78. The third-order valence-electron chi connectivity index (χ3n) is 2.71. The Hall–Kier alpha value is -1.91. The van der Waals surface area contributed by atoms with Crippen molar-refractivity contribution in [2.24, 2.45) is 0 Å². The fourth-order valence-electron chi connectivity index (χ4n) is 1.88. The third kappa shape index (κ3) is 2.13. The van der Waals surface area contributed by atoms with Gasteiger partial charge in [-0.05, 0) is 13.3 Å². The lowest BCUT2D eigenvalue weighted by Crippen LogP contribution is -2.04.